The van der Waals surface area contributed by atoms with Crippen LogP contribution in [0.3, 0.4) is 0 Å². The summed E-state index contributed by atoms with van der Waals surface area (Å²) in [4.78, 5) is 37.8. The van der Waals surface area contributed by atoms with Crippen molar-refractivity contribution in [2.45, 2.75) is 13.8 Å². The number of carbonyl (C=O) groups excluding carboxylic acids is 2. The topological polar surface area (TPSA) is 88.3 Å². The van der Waals surface area contributed by atoms with Crippen molar-refractivity contribution in [3.05, 3.63) is 50.8 Å². The number of ether oxygens (including phenoxy) is 1. The first-order valence-corrected chi connectivity index (χ1v) is 7.11. The molecule has 0 saturated heterocycles. The molecule has 2 N–H and O–H groups in total. The first-order chi connectivity index (χ1) is 10.0. The summed E-state index contributed by atoms with van der Waals surface area (Å²) in [6.07, 6.45) is 0. The average Bonchev–Trinajstić information content (AvgIpc) is 2.80. The van der Waals surface area contributed by atoms with Crippen LogP contribution in [0.1, 0.15) is 32.6 Å². The third kappa shape index (κ3) is 3.57. The highest BCUT2D eigenvalue weighted by Crippen LogP contribution is 2.27. The van der Waals surface area contributed by atoms with Gasteiger partial charge in [0.1, 0.15) is 10.6 Å². The minimum atomic E-state index is -0.440. The second-order valence-corrected chi connectivity index (χ2v) is 5.28. The van der Waals surface area contributed by atoms with Gasteiger partial charge in [0.25, 0.3) is 5.91 Å². The van der Waals surface area contributed by atoms with Gasteiger partial charge in [0.15, 0.2) is 0 Å². The molecule has 2 aromatic heterocycles. The van der Waals surface area contributed by atoms with E-state index in [1.165, 1.54) is 18.2 Å². The molecule has 110 valence electrons. The molecule has 2 aromatic rings. The van der Waals surface area contributed by atoms with Crippen LogP contribution in [0.4, 0.5) is 5.00 Å². The van der Waals surface area contributed by atoms with Gasteiger partial charge < -0.3 is 15.0 Å². The summed E-state index contributed by atoms with van der Waals surface area (Å²) in [5.74, 6) is -0.849. The fourth-order valence-corrected chi connectivity index (χ4v) is 2.66. The molecule has 0 aliphatic rings. The number of hydrogen-bond donors (Lipinski definition) is 2. The van der Waals surface area contributed by atoms with E-state index in [4.69, 9.17) is 4.74 Å². The van der Waals surface area contributed by atoms with Gasteiger partial charge in [-0.15, -0.1) is 11.3 Å². The number of nitrogens with one attached hydrogen (secondary N) is 2. The zero-order valence-electron chi connectivity index (χ0n) is 11.6. The van der Waals surface area contributed by atoms with Crippen molar-refractivity contribution in [1.29, 1.82) is 0 Å². The summed E-state index contributed by atoms with van der Waals surface area (Å²) in [7, 11) is 0. The van der Waals surface area contributed by atoms with E-state index in [1.54, 1.807) is 19.9 Å². The normalized spacial score (nSPS) is 10.2. The first-order valence-electron chi connectivity index (χ1n) is 6.29. The van der Waals surface area contributed by atoms with Crippen molar-refractivity contribution in [2.24, 2.45) is 0 Å². The smallest absolute Gasteiger partial charge is 0.348 e. The number of hydrogen-bond acceptors (Lipinski definition) is 5. The molecule has 0 fully saturated rings. The molecule has 0 aliphatic carbocycles. The predicted molar refractivity (Wildman–Crippen MR) is 80.0 cm³/mol. The molecule has 7 heteroatoms. The Bertz CT molecular complexity index is 733. The summed E-state index contributed by atoms with van der Waals surface area (Å²) >= 11 is 1.14. The molecule has 6 nitrogen and oxygen atoms in total. The SMILES string of the molecule is CCOC(=O)c1sc(NC(=O)c2cccc(=O)[nH]2)cc1C. The molecule has 0 radical (unpaired) electrons. The van der Waals surface area contributed by atoms with E-state index < -0.39 is 11.9 Å². The van der Waals surface area contributed by atoms with E-state index in [2.05, 4.69) is 10.3 Å². The summed E-state index contributed by atoms with van der Waals surface area (Å²) in [6, 6.07) is 6.02. The van der Waals surface area contributed by atoms with E-state index in [-0.39, 0.29) is 11.3 Å². The van der Waals surface area contributed by atoms with Crippen molar-refractivity contribution >= 4 is 28.2 Å². The lowest BCUT2D eigenvalue weighted by atomic mass is 10.3. The zero-order chi connectivity index (χ0) is 15.4. The Kier molecular flexibility index (Phi) is 4.54. The number of H-pyrrole nitrogens is 1. The third-order valence-corrected chi connectivity index (χ3v) is 3.76. The van der Waals surface area contributed by atoms with Crippen LogP contribution in [0.15, 0.2) is 29.1 Å². The molecule has 0 unspecified atom stereocenters. The highest BCUT2D eigenvalue weighted by atomic mass is 32.1. The van der Waals surface area contributed by atoms with Gasteiger partial charge in [0.05, 0.1) is 11.6 Å². The van der Waals surface area contributed by atoms with Crippen LogP contribution in [0.5, 0.6) is 0 Å². The van der Waals surface area contributed by atoms with E-state index in [1.807, 2.05) is 0 Å². The van der Waals surface area contributed by atoms with Gasteiger partial charge in [-0.1, -0.05) is 6.07 Å². The summed E-state index contributed by atoms with van der Waals surface area (Å²) in [6.45, 7) is 3.79. The van der Waals surface area contributed by atoms with Crippen molar-refractivity contribution in [2.75, 3.05) is 11.9 Å². The van der Waals surface area contributed by atoms with E-state index in [0.29, 0.717) is 16.5 Å². The minimum Gasteiger partial charge on any atom is -0.462 e. The van der Waals surface area contributed by atoms with E-state index >= 15 is 0 Å². The molecule has 2 rings (SSSR count). The van der Waals surface area contributed by atoms with E-state index in [9.17, 15) is 14.4 Å². The lowest BCUT2D eigenvalue weighted by Gasteiger charge is -2.01. The molecular formula is C14H14N2O4S. The molecule has 21 heavy (non-hydrogen) atoms. The molecular weight excluding hydrogens is 292 g/mol. The Labute approximate surface area is 124 Å². The van der Waals surface area contributed by atoms with Crippen LogP contribution < -0.4 is 10.9 Å². The fourth-order valence-electron chi connectivity index (χ4n) is 1.70. The molecule has 0 atom stereocenters. The highest BCUT2D eigenvalue weighted by Gasteiger charge is 2.16. The number of esters is 1. The Hall–Kier alpha value is -2.41. The van der Waals surface area contributed by atoms with Crippen molar-refractivity contribution < 1.29 is 14.3 Å². The number of anilines is 1. The maximum Gasteiger partial charge on any atom is 0.348 e. The Morgan fingerprint density at radius 3 is 2.81 bits per heavy atom. The van der Waals surface area contributed by atoms with Gasteiger partial charge in [-0.25, -0.2) is 4.79 Å². The molecule has 0 aromatic carbocycles. The molecule has 2 heterocycles. The zero-order valence-corrected chi connectivity index (χ0v) is 12.4. The lowest BCUT2D eigenvalue weighted by Crippen LogP contribution is -2.17. The second kappa shape index (κ2) is 6.36. The summed E-state index contributed by atoms with van der Waals surface area (Å²) in [5, 5.41) is 3.16. The molecule has 0 bridgehead atoms. The standard InChI is InChI=1S/C14H14N2O4S/c1-3-20-14(19)12-8(2)7-11(21-12)16-13(18)9-5-4-6-10(17)15-9/h4-7H,3H2,1-2H3,(H,15,17)(H,16,18). The monoisotopic (exact) mass is 306 g/mol. The van der Waals surface area contributed by atoms with Crippen LogP contribution in [0.25, 0.3) is 0 Å². The number of thiophene rings is 1. The van der Waals surface area contributed by atoms with E-state index in [0.717, 1.165) is 16.9 Å². The van der Waals surface area contributed by atoms with Crippen LogP contribution in [0.2, 0.25) is 0 Å². The van der Waals surface area contributed by atoms with Gasteiger partial charge in [-0.3, -0.25) is 9.59 Å². The second-order valence-electron chi connectivity index (χ2n) is 4.23. The molecule has 0 spiro atoms. The summed E-state index contributed by atoms with van der Waals surface area (Å²) < 4.78 is 4.94. The predicted octanol–water partition coefficient (Wildman–Crippen LogP) is 2.17. The number of aromatic nitrogens is 1. The minimum absolute atomic E-state index is 0.159. The van der Waals surface area contributed by atoms with Gasteiger partial charge >= 0.3 is 5.97 Å². The molecule has 0 saturated carbocycles. The van der Waals surface area contributed by atoms with Gasteiger partial charge in [-0.05, 0) is 31.5 Å². The van der Waals surface area contributed by atoms with Crippen LogP contribution in [-0.2, 0) is 4.74 Å². The van der Waals surface area contributed by atoms with Gasteiger partial charge in [-0.2, -0.15) is 0 Å². The van der Waals surface area contributed by atoms with Crippen LogP contribution >= 0.6 is 11.3 Å². The first kappa shape index (κ1) is 15.0. The largest absolute Gasteiger partial charge is 0.462 e. The molecule has 0 aliphatic heterocycles. The lowest BCUT2D eigenvalue weighted by molar-refractivity contribution is 0.0531. The summed E-state index contributed by atoms with van der Waals surface area (Å²) in [5.41, 5.74) is 0.541. The Morgan fingerprint density at radius 2 is 2.14 bits per heavy atom. The van der Waals surface area contributed by atoms with Crippen molar-refractivity contribution in [3.8, 4) is 0 Å². The molecule has 1 amide bonds. The van der Waals surface area contributed by atoms with Crippen LogP contribution in [-0.4, -0.2) is 23.5 Å². The highest BCUT2D eigenvalue weighted by molar-refractivity contribution is 7.18. The maximum absolute atomic E-state index is 12.0. The Morgan fingerprint density at radius 1 is 1.38 bits per heavy atom. The number of amides is 1. The number of carbonyl (C=O) groups is 2. The van der Waals surface area contributed by atoms with Crippen LogP contribution in [0, 0.1) is 6.92 Å². The third-order valence-electron chi connectivity index (χ3n) is 2.63. The quantitative estimate of drug-likeness (QED) is 0.847. The number of aryl methyl sites for hydroxylation is 1. The number of pyridine rings is 1. The number of aromatic amines is 1. The van der Waals surface area contributed by atoms with Gasteiger partial charge in [0, 0.05) is 6.07 Å². The Balaban J connectivity index is 2.17. The maximum atomic E-state index is 12.0. The number of rotatable bonds is 4. The fraction of sp³-hybridized carbons (Fsp3) is 0.214. The van der Waals surface area contributed by atoms with Gasteiger partial charge in [0.2, 0.25) is 5.56 Å². The van der Waals surface area contributed by atoms with Crippen molar-refractivity contribution in [3.63, 3.8) is 0 Å². The average molecular weight is 306 g/mol. The van der Waals surface area contributed by atoms with Crippen molar-refractivity contribution in [1.82, 2.24) is 4.98 Å².